The van der Waals surface area contributed by atoms with E-state index in [0.717, 1.165) is 12.6 Å². The van der Waals surface area contributed by atoms with Crippen LogP contribution in [-0.2, 0) is 0 Å². The smallest absolute Gasteiger partial charge is 0.0221 e. The summed E-state index contributed by atoms with van der Waals surface area (Å²) in [5.41, 5.74) is 0. The summed E-state index contributed by atoms with van der Waals surface area (Å²) in [6.45, 7) is 12.0. The monoisotopic (exact) mass is 227 g/mol. The van der Waals surface area contributed by atoms with E-state index < -0.39 is 0 Å². The van der Waals surface area contributed by atoms with Crippen molar-refractivity contribution in [2.75, 3.05) is 46.3 Å². The third-order valence-corrected chi connectivity index (χ3v) is 3.52. The Labute approximate surface area is 101 Å². The molecule has 1 fully saturated rings. The van der Waals surface area contributed by atoms with Gasteiger partial charge in [-0.05, 0) is 26.4 Å². The molecule has 1 saturated heterocycles. The van der Waals surface area contributed by atoms with Crippen LogP contribution in [0.1, 0.15) is 33.1 Å². The minimum atomic E-state index is 0.749. The molecule has 3 nitrogen and oxygen atoms in total. The Morgan fingerprint density at radius 3 is 2.25 bits per heavy atom. The fourth-order valence-corrected chi connectivity index (χ4v) is 2.65. The summed E-state index contributed by atoms with van der Waals surface area (Å²) in [7, 11) is 2.07. The Hall–Kier alpha value is -0.120. The van der Waals surface area contributed by atoms with Crippen molar-refractivity contribution in [1.82, 2.24) is 15.1 Å². The molecule has 0 aromatic heterocycles. The van der Waals surface area contributed by atoms with Gasteiger partial charge in [-0.15, -0.1) is 0 Å². The lowest BCUT2D eigenvalue weighted by atomic mass is 10.1. The summed E-state index contributed by atoms with van der Waals surface area (Å²) in [4.78, 5) is 5.27. The van der Waals surface area contributed by atoms with E-state index in [1.165, 1.54) is 52.0 Å². The SMILES string of the molecule is CCCC(CNC)N1CCN(CCC)CC1. The zero-order valence-electron chi connectivity index (χ0n) is 11.3. The Morgan fingerprint density at radius 1 is 1.06 bits per heavy atom. The van der Waals surface area contributed by atoms with Gasteiger partial charge in [0.15, 0.2) is 0 Å². The lowest BCUT2D eigenvalue weighted by Crippen LogP contribution is -2.52. The topological polar surface area (TPSA) is 18.5 Å². The highest BCUT2D eigenvalue weighted by Gasteiger charge is 2.22. The molecule has 96 valence electrons. The highest BCUT2D eigenvalue weighted by Crippen LogP contribution is 2.10. The second kappa shape index (κ2) is 8.04. The molecule has 0 bridgehead atoms. The molecule has 3 heteroatoms. The van der Waals surface area contributed by atoms with Gasteiger partial charge in [0.05, 0.1) is 0 Å². The highest BCUT2D eigenvalue weighted by atomic mass is 15.3. The maximum atomic E-state index is 3.33. The van der Waals surface area contributed by atoms with Crippen LogP contribution in [0.2, 0.25) is 0 Å². The molecule has 0 amide bonds. The van der Waals surface area contributed by atoms with Crippen LogP contribution in [0, 0.1) is 0 Å². The van der Waals surface area contributed by atoms with Gasteiger partial charge < -0.3 is 10.2 Å². The lowest BCUT2D eigenvalue weighted by molar-refractivity contribution is 0.0919. The average Bonchev–Trinajstić information content (AvgIpc) is 2.30. The fourth-order valence-electron chi connectivity index (χ4n) is 2.65. The first-order valence-corrected chi connectivity index (χ1v) is 6.92. The molecule has 0 radical (unpaired) electrons. The molecule has 1 atom stereocenters. The molecule has 1 aliphatic heterocycles. The third-order valence-electron chi connectivity index (χ3n) is 3.52. The molecular formula is C13H29N3. The first-order chi connectivity index (χ1) is 7.81. The maximum Gasteiger partial charge on any atom is 0.0221 e. The van der Waals surface area contributed by atoms with Gasteiger partial charge in [-0.2, -0.15) is 0 Å². The van der Waals surface area contributed by atoms with Crippen molar-refractivity contribution in [3.63, 3.8) is 0 Å². The van der Waals surface area contributed by atoms with Crippen LogP contribution in [0.15, 0.2) is 0 Å². The number of nitrogens with zero attached hydrogens (tertiary/aromatic N) is 2. The summed E-state index contributed by atoms with van der Waals surface area (Å²) in [5.74, 6) is 0. The summed E-state index contributed by atoms with van der Waals surface area (Å²) in [6.07, 6.45) is 3.91. The third kappa shape index (κ3) is 4.40. The van der Waals surface area contributed by atoms with Crippen molar-refractivity contribution in [3.05, 3.63) is 0 Å². The van der Waals surface area contributed by atoms with Gasteiger partial charge in [-0.3, -0.25) is 4.90 Å². The standard InChI is InChI=1S/C13H29N3/c1-4-6-13(12-14-3)16-10-8-15(7-5-2)9-11-16/h13-14H,4-12H2,1-3H3. The number of hydrogen-bond donors (Lipinski definition) is 1. The van der Waals surface area contributed by atoms with Crippen molar-refractivity contribution in [3.8, 4) is 0 Å². The summed E-state index contributed by atoms with van der Waals surface area (Å²) < 4.78 is 0. The van der Waals surface area contributed by atoms with E-state index in [1.54, 1.807) is 0 Å². The zero-order chi connectivity index (χ0) is 11.8. The van der Waals surface area contributed by atoms with Crippen LogP contribution in [-0.4, -0.2) is 62.2 Å². The van der Waals surface area contributed by atoms with Gasteiger partial charge in [0.2, 0.25) is 0 Å². The minimum absolute atomic E-state index is 0.749. The normalized spacial score (nSPS) is 21.2. The molecule has 0 spiro atoms. The van der Waals surface area contributed by atoms with Crippen LogP contribution in [0.4, 0.5) is 0 Å². The van der Waals surface area contributed by atoms with Gasteiger partial charge in [0, 0.05) is 38.8 Å². The highest BCUT2D eigenvalue weighted by molar-refractivity contribution is 4.79. The van der Waals surface area contributed by atoms with E-state index in [-0.39, 0.29) is 0 Å². The summed E-state index contributed by atoms with van der Waals surface area (Å²) >= 11 is 0. The molecule has 1 aliphatic rings. The molecule has 1 rings (SSSR count). The first kappa shape index (κ1) is 13.9. The quantitative estimate of drug-likeness (QED) is 0.709. The van der Waals surface area contributed by atoms with Crippen LogP contribution in [0.25, 0.3) is 0 Å². The zero-order valence-corrected chi connectivity index (χ0v) is 11.3. The van der Waals surface area contributed by atoms with E-state index >= 15 is 0 Å². The molecule has 1 heterocycles. The predicted molar refractivity (Wildman–Crippen MR) is 70.9 cm³/mol. The summed E-state index contributed by atoms with van der Waals surface area (Å²) in [6, 6.07) is 0.749. The Morgan fingerprint density at radius 2 is 1.75 bits per heavy atom. The van der Waals surface area contributed by atoms with Gasteiger partial charge in [0.1, 0.15) is 0 Å². The van der Waals surface area contributed by atoms with Crippen molar-refractivity contribution >= 4 is 0 Å². The van der Waals surface area contributed by atoms with E-state index in [1.807, 2.05) is 0 Å². The molecule has 0 aromatic rings. The molecule has 1 N–H and O–H groups in total. The Kier molecular flexibility index (Phi) is 7.01. The van der Waals surface area contributed by atoms with E-state index in [0.29, 0.717) is 0 Å². The molecule has 1 unspecified atom stereocenters. The molecule has 16 heavy (non-hydrogen) atoms. The fraction of sp³-hybridized carbons (Fsp3) is 1.00. The van der Waals surface area contributed by atoms with Crippen molar-refractivity contribution in [2.24, 2.45) is 0 Å². The van der Waals surface area contributed by atoms with Crippen molar-refractivity contribution < 1.29 is 0 Å². The predicted octanol–water partition coefficient (Wildman–Crippen LogP) is 1.40. The first-order valence-electron chi connectivity index (χ1n) is 6.92. The van der Waals surface area contributed by atoms with E-state index in [4.69, 9.17) is 0 Å². The van der Waals surface area contributed by atoms with Gasteiger partial charge in [-0.25, -0.2) is 0 Å². The van der Waals surface area contributed by atoms with Crippen LogP contribution in [0.5, 0.6) is 0 Å². The molecule has 0 aromatic carbocycles. The second-order valence-electron chi connectivity index (χ2n) is 4.88. The van der Waals surface area contributed by atoms with Gasteiger partial charge >= 0.3 is 0 Å². The summed E-state index contributed by atoms with van der Waals surface area (Å²) in [5, 5.41) is 3.33. The number of hydrogen-bond acceptors (Lipinski definition) is 3. The van der Waals surface area contributed by atoms with Crippen LogP contribution >= 0.6 is 0 Å². The second-order valence-corrected chi connectivity index (χ2v) is 4.88. The van der Waals surface area contributed by atoms with Gasteiger partial charge in [0.25, 0.3) is 0 Å². The Balaban J connectivity index is 2.31. The molecule has 0 saturated carbocycles. The number of nitrogens with one attached hydrogen (secondary N) is 1. The molecular weight excluding hydrogens is 198 g/mol. The number of likely N-dealkylation sites (N-methyl/N-ethyl adjacent to an activating group) is 1. The minimum Gasteiger partial charge on any atom is -0.318 e. The number of rotatable bonds is 7. The van der Waals surface area contributed by atoms with E-state index in [9.17, 15) is 0 Å². The van der Waals surface area contributed by atoms with Crippen molar-refractivity contribution in [1.29, 1.82) is 0 Å². The maximum absolute atomic E-state index is 3.33. The van der Waals surface area contributed by atoms with Crippen molar-refractivity contribution in [2.45, 2.75) is 39.2 Å². The van der Waals surface area contributed by atoms with Crippen LogP contribution < -0.4 is 5.32 Å². The number of piperazine rings is 1. The molecule has 0 aliphatic carbocycles. The lowest BCUT2D eigenvalue weighted by Gasteiger charge is -2.39. The van der Waals surface area contributed by atoms with E-state index in [2.05, 4.69) is 36.0 Å². The largest absolute Gasteiger partial charge is 0.318 e. The van der Waals surface area contributed by atoms with Gasteiger partial charge in [-0.1, -0.05) is 20.3 Å². The average molecular weight is 227 g/mol. The Bertz CT molecular complexity index is 159. The van der Waals surface area contributed by atoms with Crippen LogP contribution in [0.3, 0.4) is 0 Å².